The van der Waals surface area contributed by atoms with Crippen molar-refractivity contribution in [3.63, 3.8) is 0 Å². The van der Waals surface area contributed by atoms with Gasteiger partial charge in [-0.25, -0.2) is 0 Å². The van der Waals surface area contributed by atoms with Crippen LogP contribution in [0.2, 0.25) is 5.02 Å². The van der Waals surface area contributed by atoms with E-state index in [0.29, 0.717) is 22.9 Å². The first-order valence-corrected chi connectivity index (χ1v) is 7.84. The number of thioether (sulfide) groups is 1. The molecule has 0 unspecified atom stereocenters. The van der Waals surface area contributed by atoms with Crippen molar-refractivity contribution in [1.82, 2.24) is 0 Å². The maximum absolute atomic E-state index is 12.2. The van der Waals surface area contributed by atoms with Crippen molar-refractivity contribution < 1.29 is 9.53 Å². The van der Waals surface area contributed by atoms with Gasteiger partial charge in [-0.3, -0.25) is 4.79 Å². The van der Waals surface area contributed by atoms with E-state index in [9.17, 15) is 4.79 Å². The topological polar surface area (TPSA) is 26.3 Å². The van der Waals surface area contributed by atoms with Gasteiger partial charge in [-0.15, -0.1) is 0 Å². The molecular formula is C16H19ClO2S. The zero-order valence-corrected chi connectivity index (χ0v) is 13.4. The van der Waals surface area contributed by atoms with E-state index in [4.69, 9.17) is 16.3 Å². The first kappa shape index (κ1) is 16.9. The Balaban J connectivity index is 3.11. The average Bonchev–Trinajstić information content (AvgIpc) is 2.44. The highest BCUT2D eigenvalue weighted by atomic mass is 35.5. The lowest BCUT2D eigenvalue weighted by Gasteiger charge is -2.13. The van der Waals surface area contributed by atoms with Crippen LogP contribution in [0.5, 0.6) is 5.75 Å². The van der Waals surface area contributed by atoms with Gasteiger partial charge in [-0.05, 0) is 36.4 Å². The third-order valence-electron chi connectivity index (χ3n) is 2.62. The van der Waals surface area contributed by atoms with Gasteiger partial charge in [0, 0.05) is 5.56 Å². The fraction of sp³-hybridized carbons (Fsp3) is 0.312. The third kappa shape index (κ3) is 4.43. The van der Waals surface area contributed by atoms with Gasteiger partial charge in [-0.2, -0.15) is 0 Å². The Morgan fingerprint density at radius 1 is 1.45 bits per heavy atom. The quantitative estimate of drug-likeness (QED) is 0.642. The maximum Gasteiger partial charge on any atom is 0.223 e. The van der Waals surface area contributed by atoms with Crippen molar-refractivity contribution in [2.45, 2.75) is 26.7 Å². The van der Waals surface area contributed by atoms with Crippen molar-refractivity contribution in [1.29, 1.82) is 0 Å². The van der Waals surface area contributed by atoms with E-state index in [0.717, 1.165) is 30.2 Å². The summed E-state index contributed by atoms with van der Waals surface area (Å²) in [6, 6.07) is 3.55. The van der Waals surface area contributed by atoms with Gasteiger partial charge in [0.2, 0.25) is 5.12 Å². The van der Waals surface area contributed by atoms with Gasteiger partial charge in [0.1, 0.15) is 5.75 Å². The van der Waals surface area contributed by atoms with Crippen molar-refractivity contribution in [3.8, 4) is 5.75 Å². The second-order valence-corrected chi connectivity index (χ2v) is 5.31. The molecule has 2 nitrogen and oxygen atoms in total. The average molecular weight is 311 g/mol. The number of halogens is 1. The van der Waals surface area contributed by atoms with Crippen LogP contribution in [0.4, 0.5) is 0 Å². The van der Waals surface area contributed by atoms with E-state index in [1.165, 1.54) is 0 Å². The second-order valence-electron chi connectivity index (χ2n) is 4.06. The highest BCUT2D eigenvalue weighted by Crippen LogP contribution is 2.33. The summed E-state index contributed by atoms with van der Waals surface area (Å²) >= 11 is 7.49. The summed E-state index contributed by atoms with van der Waals surface area (Å²) in [4.78, 5) is 12.2. The normalized spacial score (nSPS) is 10.8. The molecule has 0 saturated heterocycles. The van der Waals surface area contributed by atoms with Crippen molar-refractivity contribution in [2.24, 2.45) is 0 Å². The van der Waals surface area contributed by atoms with E-state index in [1.54, 1.807) is 29.7 Å². The highest BCUT2D eigenvalue weighted by Gasteiger charge is 2.17. The van der Waals surface area contributed by atoms with E-state index < -0.39 is 0 Å². The number of carbonyl (C=O) groups is 1. The molecule has 1 aromatic rings. The molecule has 0 saturated carbocycles. The zero-order chi connectivity index (χ0) is 15.0. The van der Waals surface area contributed by atoms with Crippen LogP contribution in [0.1, 0.15) is 36.2 Å². The maximum atomic E-state index is 12.2. The highest BCUT2D eigenvalue weighted by molar-refractivity contribution is 8.16. The summed E-state index contributed by atoms with van der Waals surface area (Å²) in [6.45, 7) is 8.09. The Kier molecular flexibility index (Phi) is 7.48. The molecule has 0 atom stereocenters. The van der Waals surface area contributed by atoms with Crippen LogP contribution in [-0.4, -0.2) is 11.7 Å². The molecule has 0 fully saturated rings. The van der Waals surface area contributed by atoms with Gasteiger partial charge >= 0.3 is 0 Å². The molecule has 0 heterocycles. The van der Waals surface area contributed by atoms with E-state index >= 15 is 0 Å². The molecule has 108 valence electrons. The molecule has 0 aliphatic heterocycles. The van der Waals surface area contributed by atoms with Crippen LogP contribution < -0.4 is 4.74 Å². The smallest absolute Gasteiger partial charge is 0.223 e. The number of ether oxygens (including phenoxy) is 1. The molecule has 20 heavy (non-hydrogen) atoms. The first-order valence-electron chi connectivity index (χ1n) is 6.58. The molecule has 0 N–H and O–H groups in total. The lowest BCUT2D eigenvalue weighted by Crippen LogP contribution is -2.03. The third-order valence-corrected chi connectivity index (χ3v) is 3.76. The molecule has 1 aromatic carbocycles. The summed E-state index contributed by atoms with van der Waals surface area (Å²) in [6.07, 6.45) is 5.05. The van der Waals surface area contributed by atoms with Crippen molar-refractivity contribution in [3.05, 3.63) is 52.4 Å². The molecule has 0 aliphatic carbocycles. The number of hydrogen-bond acceptors (Lipinski definition) is 3. The van der Waals surface area contributed by atoms with Crippen LogP contribution in [0, 0.1) is 0 Å². The molecule has 0 amide bonds. The Morgan fingerprint density at radius 3 is 2.80 bits per heavy atom. The molecule has 1 rings (SSSR count). The van der Waals surface area contributed by atoms with Crippen LogP contribution >= 0.6 is 23.4 Å². The summed E-state index contributed by atoms with van der Waals surface area (Å²) in [5.74, 6) is 0.640. The minimum absolute atomic E-state index is 0.0171. The van der Waals surface area contributed by atoms with Gasteiger partial charge in [0.05, 0.1) is 11.6 Å². The summed E-state index contributed by atoms with van der Waals surface area (Å²) in [5.41, 5.74) is 1.52. The van der Waals surface area contributed by atoms with Crippen molar-refractivity contribution >= 4 is 28.5 Å². The van der Waals surface area contributed by atoms with Crippen molar-refractivity contribution in [2.75, 3.05) is 6.61 Å². The predicted molar refractivity (Wildman–Crippen MR) is 87.9 cm³/mol. The lowest BCUT2D eigenvalue weighted by molar-refractivity contribution is 0.108. The second kappa shape index (κ2) is 8.88. The number of carbonyl (C=O) groups excluding carboxylic acids is 1. The Labute approximate surface area is 129 Å². The summed E-state index contributed by atoms with van der Waals surface area (Å²) < 4.78 is 5.48. The van der Waals surface area contributed by atoms with Crippen LogP contribution in [0.15, 0.2) is 36.3 Å². The number of benzene rings is 1. The first-order chi connectivity index (χ1) is 9.65. The van der Waals surface area contributed by atoms with Crippen LogP contribution in [0.3, 0.4) is 0 Å². The monoisotopic (exact) mass is 310 g/mol. The van der Waals surface area contributed by atoms with Gasteiger partial charge < -0.3 is 4.74 Å². The number of allylic oxidation sites excluding steroid dienone is 2. The lowest BCUT2D eigenvalue weighted by atomic mass is 10.0. The Bertz CT molecular complexity index is 509. The van der Waals surface area contributed by atoms with E-state index in [2.05, 4.69) is 13.5 Å². The largest absolute Gasteiger partial charge is 0.492 e. The summed E-state index contributed by atoms with van der Waals surface area (Å²) in [5, 5.41) is 2.25. The fourth-order valence-corrected chi connectivity index (χ4v) is 2.72. The van der Waals surface area contributed by atoms with Gasteiger partial charge in [-0.1, -0.05) is 55.4 Å². The minimum atomic E-state index is -0.0171. The zero-order valence-electron chi connectivity index (χ0n) is 11.8. The van der Waals surface area contributed by atoms with Crippen LogP contribution in [0.25, 0.3) is 0 Å². The molecule has 0 aromatic heterocycles. The predicted octanol–water partition coefficient (Wildman–Crippen LogP) is 5.26. The molecule has 4 heteroatoms. The Hall–Kier alpha value is -1.19. The van der Waals surface area contributed by atoms with Crippen LogP contribution in [-0.2, 0) is 6.42 Å². The van der Waals surface area contributed by atoms with Gasteiger partial charge in [0.15, 0.2) is 0 Å². The van der Waals surface area contributed by atoms with E-state index in [1.807, 2.05) is 6.92 Å². The SMILES string of the molecule is C=C/C=C\SC(=O)c1ccc(OCC)c(Cl)c1CCC. The molecule has 0 bridgehead atoms. The molecular weight excluding hydrogens is 292 g/mol. The molecule has 0 aliphatic rings. The van der Waals surface area contributed by atoms with E-state index in [-0.39, 0.29) is 5.12 Å². The Morgan fingerprint density at radius 2 is 2.20 bits per heavy atom. The standard InChI is InChI=1S/C16H19ClO2S/c1-4-7-11-20-16(18)13-9-10-14(19-6-3)15(17)12(13)8-5-2/h4,7,9-11H,1,5-6,8H2,2-3H3/b11-7-. The van der Waals surface area contributed by atoms with Gasteiger partial charge in [0.25, 0.3) is 0 Å². The minimum Gasteiger partial charge on any atom is -0.492 e. The number of rotatable bonds is 7. The summed E-state index contributed by atoms with van der Waals surface area (Å²) in [7, 11) is 0. The number of hydrogen-bond donors (Lipinski definition) is 0. The molecule has 0 spiro atoms. The fourth-order valence-electron chi connectivity index (χ4n) is 1.77. The molecule has 0 radical (unpaired) electrons.